The van der Waals surface area contributed by atoms with Gasteiger partial charge in [0.25, 0.3) is 0 Å². The lowest BCUT2D eigenvalue weighted by atomic mass is 10.0. The van der Waals surface area contributed by atoms with Crippen molar-refractivity contribution in [2.24, 2.45) is 5.73 Å². The lowest BCUT2D eigenvalue weighted by Crippen LogP contribution is -2.24. The molecule has 0 aliphatic carbocycles. The zero-order chi connectivity index (χ0) is 10.9. The Labute approximate surface area is 90.1 Å². The summed E-state index contributed by atoms with van der Waals surface area (Å²) >= 11 is 3.05. The van der Waals surface area contributed by atoms with E-state index < -0.39 is 12.1 Å². The number of hydrogen-bond acceptors (Lipinski definition) is 4. The van der Waals surface area contributed by atoms with Crippen molar-refractivity contribution < 1.29 is 15.3 Å². The SMILES string of the molecule is CC(N)C(O)c1cc(O)c(O)c(Br)c1. The highest BCUT2D eigenvalue weighted by Crippen LogP contribution is 2.36. The van der Waals surface area contributed by atoms with Gasteiger partial charge in [0.2, 0.25) is 0 Å². The Bertz CT molecular complexity index is 318. The number of hydrogen-bond donors (Lipinski definition) is 4. The van der Waals surface area contributed by atoms with E-state index in [0.717, 1.165) is 0 Å². The van der Waals surface area contributed by atoms with Crippen LogP contribution in [-0.4, -0.2) is 21.4 Å². The molecule has 0 spiro atoms. The molecule has 14 heavy (non-hydrogen) atoms. The minimum absolute atomic E-state index is 0.245. The van der Waals surface area contributed by atoms with Crippen molar-refractivity contribution in [3.63, 3.8) is 0 Å². The first-order chi connectivity index (χ1) is 6.43. The fourth-order valence-corrected chi connectivity index (χ4v) is 1.55. The quantitative estimate of drug-likeness (QED) is 0.604. The molecule has 5 heteroatoms. The van der Waals surface area contributed by atoms with E-state index in [4.69, 9.17) is 5.73 Å². The van der Waals surface area contributed by atoms with E-state index in [0.29, 0.717) is 10.0 Å². The first-order valence-corrected chi connectivity index (χ1v) is 4.87. The number of aromatic hydroxyl groups is 2. The van der Waals surface area contributed by atoms with Gasteiger partial charge in [-0.05, 0) is 40.5 Å². The maximum absolute atomic E-state index is 9.60. The Balaban J connectivity index is 3.12. The second-order valence-corrected chi connectivity index (χ2v) is 4.03. The predicted octanol–water partition coefficient (Wildman–Crippen LogP) is 1.24. The lowest BCUT2D eigenvalue weighted by Gasteiger charge is -2.15. The highest BCUT2D eigenvalue weighted by Gasteiger charge is 2.16. The molecule has 0 saturated heterocycles. The third kappa shape index (κ3) is 2.17. The van der Waals surface area contributed by atoms with E-state index >= 15 is 0 Å². The molecule has 0 saturated carbocycles. The van der Waals surface area contributed by atoms with Crippen molar-refractivity contribution in [3.8, 4) is 11.5 Å². The van der Waals surface area contributed by atoms with Gasteiger partial charge in [0.1, 0.15) is 0 Å². The normalized spacial score (nSPS) is 15.1. The Morgan fingerprint density at radius 3 is 2.36 bits per heavy atom. The minimum atomic E-state index is -0.863. The third-order valence-corrected chi connectivity index (χ3v) is 2.51. The number of phenols is 2. The van der Waals surface area contributed by atoms with Crippen LogP contribution >= 0.6 is 15.9 Å². The first kappa shape index (κ1) is 11.3. The van der Waals surface area contributed by atoms with Gasteiger partial charge in [0.15, 0.2) is 11.5 Å². The minimum Gasteiger partial charge on any atom is -0.504 e. The Morgan fingerprint density at radius 2 is 1.93 bits per heavy atom. The molecular weight excluding hydrogens is 250 g/mol. The van der Waals surface area contributed by atoms with Crippen molar-refractivity contribution in [2.45, 2.75) is 19.1 Å². The van der Waals surface area contributed by atoms with E-state index in [-0.39, 0.29) is 11.5 Å². The summed E-state index contributed by atoms with van der Waals surface area (Å²) in [4.78, 5) is 0. The third-order valence-electron chi connectivity index (χ3n) is 1.91. The Kier molecular flexibility index (Phi) is 3.36. The summed E-state index contributed by atoms with van der Waals surface area (Å²) in [6.45, 7) is 1.66. The molecule has 0 radical (unpaired) electrons. The molecule has 1 aromatic rings. The van der Waals surface area contributed by atoms with E-state index in [9.17, 15) is 15.3 Å². The molecule has 0 fully saturated rings. The van der Waals surface area contributed by atoms with Crippen LogP contribution in [0.4, 0.5) is 0 Å². The highest BCUT2D eigenvalue weighted by atomic mass is 79.9. The fourth-order valence-electron chi connectivity index (χ4n) is 1.08. The molecule has 0 amide bonds. The van der Waals surface area contributed by atoms with Crippen molar-refractivity contribution in [1.29, 1.82) is 0 Å². The number of nitrogens with two attached hydrogens (primary N) is 1. The van der Waals surface area contributed by atoms with Gasteiger partial charge in [-0.3, -0.25) is 0 Å². The zero-order valence-electron chi connectivity index (χ0n) is 7.61. The van der Waals surface area contributed by atoms with Crippen molar-refractivity contribution in [3.05, 3.63) is 22.2 Å². The van der Waals surface area contributed by atoms with E-state index in [1.54, 1.807) is 6.92 Å². The molecule has 4 nitrogen and oxygen atoms in total. The molecule has 78 valence electrons. The molecule has 5 N–H and O–H groups in total. The van der Waals surface area contributed by atoms with Gasteiger partial charge >= 0.3 is 0 Å². The largest absolute Gasteiger partial charge is 0.504 e. The van der Waals surface area contributed by atoms with Gasteiger partial charge in [-0.1, -0.05) is 0 Å². The van der Waals surface area contributed by atoms with Crippen molar-refractivity contribution >= 4 is 15.9 Å². The highest BCUT2D eigenvalue weighted by molar-refractivity contribution is 9.10. The second-order valence-electron chi connectivity index (χ2n) is 3.17. The summed E-state index contributed by atoms with van der Waals surface area (Å²) in [6.07, 6.45) is -0.863. The van der Waals surface area contributed by atoms with Crippen LogP contribution in [0, 0.1) is 0 Å². The van der Waals surface area contributed by atoms with Crippen LogP contribution < -0.4 is 5.73 Å². The van der Waals surface area contributed by atoms with Crippen LogP contribution in [0.15, 0.2) is 16.6 Å². The fraction of sp³-hybridized carbons (Fsp3) is 0.333. The predicted molar refractivity (Wildman–Crippen MR) is 56.1 cm³/mol. The Morgan fingerprint density at radius 1 is 1.36 bits per heavy atom. The number of aliphatic hydroxyl groups excluding tert-OH is 1. The van der Waals surface area contributed by atoms with Crippen LogP contribution in [0.2, 0.25) is 0 Å². The number of aliphatic hydroxyl groups is 1. The van der Waals surface area contributed by atoms with Crippen LogP contribution in [-0.2, 0) is 0 Å². The monoisotopic (exact) mass is 261 g/mol. The number of phenolic OH excluding ortho intramolecular Hbond substituents is 2. The molecule has 0 aromatic heterocycles. The molecule has 0 aliphatic heterocycles. The maximum Gasteiger partial charge on any atom is 0.171 e. The maximum atomic E-state index is 9.60. The van der Waals surface area contributed by atoms with Gasteiger partial charge in [-0.25, -0.2) is 0 Å². The molecule has 1 aromatic carbocycles. The average Bonchev–Trinajstić information content (AvgIpc) is 2.12. The van der Waals surface area contributed by atoms with E-state index in [2.05, 4.69) is 15.9 Å². The standard InChI is InChI=1S/C9H12BrNO3/c1-4(11)8(13)5-2-6(10)9(14)7(12)3-5/h2-4,8,12-14H,11H2,1H3. The number of rotatable bonds is 2. The first-order valence-electron chi connectivity index (χ1n) is 4.08. The van der Waals surface area contributed by atoms with Crippen LogP contribution in [0.25, 0.3) is 0 Å². The summed E-state index contributed by atoms with van der Waals surface area (Å²) < 4.78 is 0.326. The number of halogens is 1. The van der Waals surface area contributed by atoms with Gasteiger partial charge < -0.3 is 21.1 Å². The number of benzene rings is 1. The van der Waals surface area contributed by atoms with E-state index in [1.165, 1.54) is 12.1 Å². The summed E-state index contributed by atoms with van der Waals surface area (Å²) in [7, 11) is 0. The van der Waals surface area contributed by atoms with Crippen molar-refractivity contribution in [1.82, 2.24) is 0 Å². The van der Waals surface area contributed by atoms with Crippen LogP contribution in [0.5, 0.6) is 11.5 Å². The van der Waals surface area contributed by atoms with Gasteiger partial charge in [0.05, 0.1) is 10.6 Å². The molecule has 2 atom stereocenters. The van der Waals surface area contributed by atoms with Gasteiger partial charge in [-0.15, -0.1) is 0 Å². The average molecular weight is 262 g/mol. The summed E-state index contributed by atoms with van der Waals surface area (Å²) in [5.41, 5.74) is 5.96. The van der Waals surface area contributed by atoms with Crippen LogP contribution in [0.1, 0.15) is 18.6 Å². The van der Waals surface area contributed by atoms with Gasteiger partial charge in [-0.2, -0.15) is 0 Å². The smallest absolute Gasteiger partial charge is 0.171 e. The summed E-state index contributed by atoms with van der Waals surface area (Å²) in [6, 6.07) is 2.36. The topological polar surface area (TPSA) is 86.7 Å². The molecule has 2 unspecified atom stereocenters. The molecule has 1 rings (SSSR count). The van der Waals surface area contributed by atoms with Crippen molar-refractivity contribution in [2.75, 3.05) is 0 Å². The molecule has 0 bridgehead atoms. The molecular formula is C9H12BrNO3. The molecule has 0 heterocycles. The van der Waals surface area contributed by atoms with Gasteiger partial charge in [0, 0.05) is 6.04 Å². The summed E-state index contributed by atoms with van der Waals surface area (Å²) in [5, 5.41) is 28.1. The summed E-state index contributed by atoms with van der Waals surface area (Å²) in [5.74, 6) is -0.528. The Hall–Kier alpha value is -0.780. The molecule has 0 aliphatic rings. The van der Waals surface area contributed by atoms with E-state index in [1.807, 2.05) is 0 Å². The lowest BCUT2D eigenvalue weighted by molar-refractivity contribution is 0.153. The zero-order valence-corrected chi connectivity index (χ0v) is 9.19. The second kappa shape index (κ2) is 4.16. The van der Waals surface area contributed by atoms with Crippen LogP contribution in [0.3, 0.4) is 0 Å².